The summed E-state index contributed by atoms with van der Waals surface area (Å²) in [6.45, 7) is 12.4. The summed E-state index contributed by atoms with van der Waals surface area (Å²) in [5, 5.41) is 24.0. The lowest BCUT2D eigenvalue weighted by Gasteiger charge is -2.77. The highest BCUT2D eigenvalue weighted by molar-refractivity contribution is 6.02. The van der Waals surface area contributed by atoms with E-state index in [2.05, 4.69) is 20.4 Å². The molecule has 4 saturated carbocycles. The lowest BCUT2D eigenvalue weighted by atomic mass is 9.35. The number of hydrogen-bond acceptors (Lipinski definition) is 7. The molecule has 9 unspecified atom stereocenters. The first-order chi connectivity index (χ1) is 15.3. The average molecular weight is 460 g/mol. The maximum atomic E-state index is 14.4. The SMILES string of the molecule is C=C1C2CCC3C45COC6(OC(C)(C)OC2C36C1O)C(O)C4C(C)(C)CC(=CN(C)C)C5=O. The Morgan fingerprint density at radius 2 is 1.85 bits per heavy atom. The van der Waals surface area contributed by atoms with Crippen LogP contribution in [0.4, 0.5) is 0 Å². The zero-order valence-corrected chi connectivity index (χ0v) is 20.6. The summed E-state index contributed by atoms with van der Waals surface area (Å²) in [7, 11) is 3.84. The van der Waals surface area contributed by atoms with Crippen LogP contribution in [0.5, 0.6) is 0 Å². The van der Waals surface area contributed by atoms with Crippen LogP contribution >= 0.6 is 0 Å². The van der Waals surface area contributed by atoms with Crippen LogP contribution in [0.1, 0.15) is 47.0 Å². The number of nitrogens with zero attached hydrogens (tertiary/aromatic N) is 1. The number of ether oxygens (including phenoxy) is 3. The molecule has 7 aliphatic rings. The van der Waals surface area contributed by atoms with E-state index in [9.17, 15) is 15.0 Å². The molecule has 7 rings (SSSR count). The van der Waals surface area contributed by atoms with Gasteiger partial charge in [0.05, 0.1) is 29.6 Å². The Bertz CT molecular complexity index is 985. The van der Waals surface area contributed by atoms with Crippen molar-refractivity contribution >= 4 is 5.78 Å². The lowest BCUT2D eigenvalue weighted by Crippen LogP contribution is -2.88. The number of ketones is 1. The van der Waals surface area contributed by atoms with E-state index in [0.717, 1.165) is 18.4 Å². The van der Waals surface area contributed by atoms with Gasteiger partial charge in [-0.15, -0.1) is 0 Å². The number of rotatable bonds is 1. The molecule has 3 saturated heterocycles. The fourth-order valence-electron chi connectivity index (χ4n) is 9.36. The second kappa shape index (κ2) is 6.11. The molecule has 4 bridgehead atoms. The summed E-state index contributed by atoms with van der Waals surface area (Å²) in [5.41, 5.74) is -0.917. The maximum Gasteiger partial charge on any atom is 0.209 e. The van der Waals surface area contributed by atoms with E-state index >= 15 is 0 Å². The summed E-state index contributed by atoms with van der Waals surface area (Å²) in [4.78, 5) is 16.3. The van der Waals surface area contributed by atoms with E-state index in [-0.39, 0.29) is 35.6 Å². The van der Waals surface area contributed by atoms with Crippen LogP contribution in [0.25, 0.3) is 0 Å². The molecule has 3 heterocycles. The number of carbonyl (C=O) groups is 1. The van der Waals surface area contributed by atoms with Crippen molar-refractivity contribution in [1.29, 1.82) is 0 Å². The molecule has 3 spiro atoms. The summed E-state index contributed by atoms with van der Waals surface area (Å²) in [5.74, 6) is -3.06. The van der Waals surface area contributed by atoms with Gasteiger partial charge in [-0.25, -0.2) is 0 Å². The molecule has 4 aliphatic carbocycles. The van der Waals surface area contributed by atoms with Gasteiger partial charge in [-0.05, 0) is 50.0 Å². The Kier molecular flexibility index (Phi) is 4.11. The average Bonchev–Trinajstić information content (AvgIpc) is 2.81. The van der Waals surface area contributed by atoms with Crippen LogP contribution in [0.2, 0.25) is 0 Å². The molecule has 0 amide bonds. The van der Waals surface area contributed by atoms with Crippen LogP contribution in [-0.2, 0) is 19.0 Å². The second-order valence-corrected chi connectivity index (χ2v) is 12.7. The molecule has 0 aromatic rings. The summed E-state index contributed by atoms with van der Waals surface area (Å²) in [6, 6.07) is 0. The van der Waals surface area contributed by atoms with Crippen LogP contribution < -0.4 is 0 Å². The third-order valence-corrected chi connectivity index (χ3v) is 9.89. The Morgan fingerprint density at radius 1 is 1.15 bits per heavy atom. The molecule has 33 heavy (non-hydrogen) atoms. The van der Waals surface area contributed by atoms with Crippen molar-refractivity contribution in [3.05, 3.63) is 23.9 Å². The van der Waals surface area contributed by atoms with Crippen LogP contribution in [0, 0.1) is 34.0 Å². The predicted octanol–water partition coefficient (Wildman–Crippen LogP) is 2.23. The van der Waals surface area contributed by atoms with Crippen molar-refractivity contribution in [2.75, 3.05) is 20.7 Å². The van der Waals surface area contributed by atoms with Crippen molar-refractivity contribution in [3.63, 3.8) is 0 Å². The molecule has 7 nitrogen and oxygen atoms in total. The summed E-state index contributed by atoms with van der Waals surface area (Å²) in [6.07, 6.45) is 1.56. The highest BCUT2D eigenvalue weighted by atomic mass is 16.8. The molecule has 9 atom stereocenters. The Labute approximate surface area is 195 Å². The minimum absolute atomic E-state index is 0.0407. The van der Waals surface area contributed by atoms with Crippen molar-refractivity contribution in [2.24, 2.45) is 34.0 Å². The van der Waals surface area contributed by atoms with Crippen LogP contribution in [0.15, 0.2) is 23.9 Å². The molecule has 7 heteroatoms. The molecule has 3 aliphatic heterocycles. The molecule has 7 fully saturated rings. The Hall–Kier alpha value is -1.25. The van der Waals surface area contributed by atoms with Gasteiger partial charge in [-0.3, -0.25) is 4.79 Å². The minimum atomic E-state index is -1.45. The van der Waals surface area contributed by atoms with Crippen LogP contribution in [0.3, 0.4) is 0 Å². The zero-order chi connectivity index (χ0) is 23.9. The Morgan fingerprint density at radius 3 is 2.52 bits per heavy atom. The van der Waals surface area contributed by atoms with E-state index in [0.29, 0.717) is 12.0 Å². The summed E-state index contributed by atoms with van der Waals surface area (Å²) >= 11 is 0. The first-order valence-electron chi connectivity index (χ1n) is 12.2. The molecule has 182 valence electrons. The van der Waals surface area contributed by atoms with Crippen molar-refractivity contribution in [3.8, 4) is 0 Å². The fourth-order valence-corrected chi connectivity index (χ4v) is 9.36. The van der Waals surface area contributed by atoms with Gasteiger partial charge in [0.2, 0.25) is 5.79 Å². The van der Waals surface area contributed by atoms with Gasteiger partial charge in [0, 0.05) is 37.7 Å². The van der Waals surface area contributed by atoms with E-state index < -0.39 is 40.7 Å². The number of aliphatic hydroxyl groups excluding tert-OH is 2. The fraction of sp³-hybridized carbons (Fsp3) is 0.808. The molecule has 0 aromatic heterocycles. The van der Waals surface area contributed by atoms with E-state index in [1.165, 1.54) is 0 Å². The topological polar surface area (TPSA) is 88.5 Å². The van der Waals surface area contributed by atoms with Gasteiger partial charge < -0.3 is 29.3 Å². The highest BCUT2D eigenvalue weighted by Crippen LogP contribution is 2.79. The van der Waals surface area contributed by atoms with Gasteiger partial charge in [0.25, 0.3) is 0 Å². The normalized spacial score (nSPS) is 54.2. The van der Waals surface area contributed by atoms with Gasteiger partial charge in [0.1, 0.15) is 6.10 Å². The van der Waals surface area contributed by atoms with Gasteiger partial charge in [-0.2, -0.15) is 0 Å². The monoisotopic (exact) mass is 459 g/mol. The van der Waals surface area contributed by atoms with E-state index in [1.807, 2.05) is 39.0 Å². The standard InChI is InChI=1S/C26H37NO6/c1-13-15-8-9-16-24-12-31-26(25(16,18(13)28)21(15)32-23(4,5)33-26)20(30)17(24)22(2,3)10-14(19(24)29)11-27(6)7/h11,15-18,20-21,28,30H,1,8-10,12H2,2-7H3. The maximum absolute atomic E-state index is 14.4. The number of fused-ring (bicyclic) bond motifs is 1. The molecule has 2 N–H and O–H groups in total. The van der Waals surface area contributed by atoms with Crippen molar-refractivity contribution < 1.29 is 29.2 Å². The predicted molar refractivity (Wildman–Crippen MR) is 120 cm³/mol. The number of Topliss-reactive ketones (excluding diaryl/α,β-unsaturated/α-hetero) is 1. The Balaban J connectivity index is 1.65. The van der Waals surface area contributed by atoms with Crippen LogP contribution in [-0.4, -0.2) is 71.5 Å². The van der Waals surface area contributed by atoms with Gasteiger partial charge in [-0.1, -0.05) is 20.4 Å². The molecule has 0 radical (unpaired) electrons. The molecule has 0 aromatic carbocycles. The smallest absolute Gasteiger partial charge is 0.209 e. The van der Waals surface area contributed by atoms with E-state index in [1.54, 1.807) is 0 Å². The van der Waals surface area contributed by atoms with Crippen molar-refractivity contribution in [1.82, 2.24) is 4.90 Å². The number of aliphatic hydroxyl groups is 2. The number of carbonyl (C=O) groups excluding carboxylic acids is 1. The largest absolute Gasteiger partial charge is 0.388 e. The summed E-state index contributed by atoms with van der Waals surface area (Å²) < 4.78 is 19.6. The first kappa shape index (κ1) is 22.2. The third-order valence-electron chi connectivity index (χ3n) is 9.89. The second-order valence-electron chi connectivity index (χ2n) is 12.7. The molecular weight excluding hydrogens is 422 g/mol. The first-order valence-corrected chi connectivity index (χ1v) is 12.2. The quantitative estimate of drug-likeness (QED) is 0.459. The van der Waals surface area contributed by atoms with Crippen molar-refractivity contribution in [2.45, 2.75) is 76.8 Å². The molecular formula is C26H37NO6. The number of allylic oxidation sites excluding steroid dienone is 1. The zero-order valence-electron chi connectivity index (χ0n) is 20.6. The highest BCUT2D eigenvalue weighted by Gasteiger charge is 2.90. The van der Waals surface area contributed by atoms with Gasteiger partial charge in [0.15, 0.2) is 11.6 Å². The third kappa shape index (κ3) is 2.19. The number of hydrogen-bond donors (Lipinski definition) is 2. The minimum Gasteiger partial charge on any atom is -0.388 e. The lowest BCUT2D eigenvalue weighted by molar-refractivity contribution is -0.539. The van der Waals surface area contributed by atoms with E-state index in [4.69, 9.17) is 14.2 Å². The van der Waals surface area contributed by atoms with Gasteiger partial charge >= 0.3 is 0 Å².